The van der Waals surface area contributed by atoms with E-state index in [1.165, 1.54) is 0 Å². The number of hydrogen-bond donors (Lipinski definition) is 0. The van der Waals surface area contributed by atoms with Crippen molar-refractivity contribution >= 4 is 34.3 Å². The van der Waals surface area contributed by atoms with E-state index in [4.69, 9.17) is 11.6 Å². The third-order valence-electron chi connectivity index (χ3n) is 3.31. The smallest absolute Gasteiger partial charge is 0.151 e. The lowest BCUT2D eigenvalue weighted by Crippen LogP contribution is -1.96. The number of allylic oxidation sites excluding steroid dienone is 1. The van der Waals surface area contributed by atoms with E-state index < -0.39 is 0 Å². The van der Waals surface area contributed by atoms with Crippen LogP contribution < -0.4 is 0 Å². The molecule has 0 aliphatic heterocycles. The molecule has 2 aromatic carbocycles. The molecule has 0 atom stereocenters. The lowest BCUT2D eigenvalue weighted by atomic mass is 10.1. The molecular weight excluding hydrogens is 282 g/mol. The normalized spacial score (nSPS) is 11.6. The molecule has 1 heterocycles. The molecule has 0 amide bonds. The van der Waals surface area contributed by atoms with Crippen LogP contribution in [0, 0.1) is 11.3 Å². The monoisotopic (exact) mass is 293 g/mol. The molecular formula is C17H12ClN3. The van der Waals surface area contributed by atoms with Gasteiger partial charge in [0.25, 0.3) is 0 Å². The second-order valence-electron chi connectivity index (χ2n) is 4.71. The molecule has 1 aromatic heterocycles. The van der Waals surface area contributed by atoms with Crippen molar-refractivity contribution in [2.24, 2.45) is 7.05 Å². The van der Waals surface area contributed by atoms with E-state index in [1.807, 2.05) is 54.1 Å². The molecule has 0 spiro atoms. The van der Waals surface area contributed by atoms with E-state index in [0.29, 0.717) is 16.4 Å². The van der Waals surface area contributed by atoms with E-state index in [0.717, 1.165) is 16.6 Å². The standard InChI is InChI=1S/C17H12ClN3/c1-21-16-8-3-2-7-15(16)20-17(21)13(11-19)9-12-5-4-6-14(18)10-12/h2-10H,1H3/b13-9-. The Balaban J connectivity index is 2.15. The molecule has 0 aliphatic rings. The van der Waals surface area contributed by atoms with Crippen molar-refractivity contribution in [2.45, 2.75) is 0 Å². The van der Waals surface area contributed by atoms with Crippen LogP contribution >= 0.6 is 11.6 Å². The Morgan fingerprint density at radius 2 is 2.05 bits per heavy atom. The Morgan fingerprint density at radius 1 is 1.24 bits per heavy atom. The van der Waals surface area contributed by atoms with E-state index in [2.05, 4.69) is 11.1 Å². The van der Waals surface area contributed by atoms with Gasteiger partial charge in [-0.05, 0) is 35.9 Å². The zero-order chi connectivity index (χ0) is 14.8. The summed E-state index contributed by atoms with van der Waals surface area (Å²) in [6.45, 7) is 0. The van der Waals surface area contributed by atoms with E-state index in [9.17, 15) is 5.26 Å². The van der Waals surface area contributed by atoms with Crippen LogP contribution in [0.5, 0.6) is 0 Å². The van der Waals surface area contributed by atoms with Crippen molar-refractivity contribution in [1.82, 2.24) is 9.55 Å². The molecule has 4 heteroatoms. The largest absolute Gasteiger partial charge is 0.327 e. The number of hydrogen-bond acceptors (Lipinski definition) is 2. The molecule has 0 saturated carbocycles. The van der Waals surface area contributed by atoms with Crippen molar-refractivity contribution in [3.8, 4) is 6.07 Å². The van der Waals surface area contributed by atoms with Crippen molar-refractivity contribution in [2.75, 3.05) is 0 Å². The molecule has 3 rings (SSSR count). The minimum absolute atomic E-state index is 0.510. The SMILES string of the molecule is Cn1c(/C(C#N)=C\c2cccc(Cl)c2)nc2ccccc21. The fraction of sp³-hybridized carbons (Fsp3) is 0.0588. The molecule has 0 N–H and O–H groups in total. The Labute approximate surface area is 127 Å². The van der Waals surface area contributed by atoms with E-state index in [1.54, 1.807) is 12.1 Å². The number of benzene rings is 2. The highest BCUT2D eigenvalue weighted by atomic mass is 35.5. The van der Waals surface area contributed by atoms with Gasteiger partial charge in [-0.25, -0.2) is 4.98 Å². The Hall–Kier alpha value is -2.57. The van der Waals surface area contributed by atoms with E-state index in [-0.39, 0.29) is 0 Å². The molecule has 0 bridgehead atoms. The highest BCUT2D eigenvalue weighted by Gasteiger charge is 2.11. The number of imidazole rings is 1. The summed E-state index contributed by atoms with van der Waals surface area (Å²) in [7, 11) is 1.91. The molecule has 0 radical (unpaired) electrons. The number of halogens is 1. The first-order valence-corrected chi connectivity index (χ1v) is 6.86. The van der Waals surface area contributed by atoms with Crippen LogP contribution in [0.15, 0.2) is 48.5 Å². The average Bonchev–Trinajstić information content (AvgIpc) is 2.82. The summed E-state index contributed by atoms with van der Waals surface area (Å²) in [5.41, 5.74) is 3.27. The summed E-state index contributed by atoms with van der Waals surface area (Å²) in [6, 6.07) is 17.4. The summed E-state index contributed by atoms with van der Waals surface area (Å²) in [4.78, 5) is 4.54. The van der Waals surface area contributed by atoms with Crippen molar-refractivity contribution in [1.29, 1.82) is 5.26 Å². The van der Waals surface area contributed by atoms with Gasteiger partial charge in [-0.2, -0.15) is 5.26 Å². The van der Waals surface area contributed by atoms with Gasteiger partial charge in [0, 0.05) is 12.1 Å². The summed E-state index contributed by atoms with van der Waals surface area (Å²) in [6.07, 6.45) is 1.80. The predicted molar refractivity (Wildman–Crippen MR) is 85.7 cm³/mol. The third-order valence-corrected chi connectivity index (χ3v) is 3.54. The minimum Gasteiger partial charge on any atom is -0.327 e. The van der Waals surface area contributed by atoms with Crippen molar-refractivity contribution in [3.05, 3.63) is 64.9 Å². The summed E-state index contributed by atoms with van der Waals surface area (Å²) < 4.78 is 1.93. The minimum atomic E-state index is 0.510. The number of fused-ring (bicyclic) bond motifs is 1. The van der Waals surface area contributed by atoms with Gasteiger partial charge < -0.3 is 4.57 Å². The molecule has 0 fully saturated rings. The topological polar surface area (TPSA) is 41.6 Å². The van der Waals surface area contributed by atoms with Gasteiger partial charge in [0.2, 0.25) is 0 Å². The summed E-state index contributed by atoms with van der Waals surface area (Å²) >= 11 is 5.98. The first-order valence-electron chi connectivity index (χ1n) is 6.48. The van der Waals surface area contributed by atoms with Gasteiger partial charge in [0.1, 0.15) is 6.07 Å². The van der Waals surface area contributed by atoms with Crippen molar-refractivity contribution < 1.29 is 0 Å². The van der Waals surface area contributed by atoms with Gasteiger partial charge in [-0.1, -0.05) is 35.9 Å². The predicted octanol–water partition coefficient (Wildman–Crippen LogP) is 4.29. The Kier molecular flexibility index (Phi) is 3.47. The number of rotatable bonds is 2. The molecule has 3 nitrogen and oxygen atoms in total. The summed E-state index contributed by atoms with van der Waals surface area (Å²) in [5.74, 6) is 0.652. The molecule has 102 valence electrons. The van der Waals surface area contributed by atoms with Gasteiger partial charge in [-0.15, -0.1) is 0 Å². The summed E-state index contributed by atoms with van der Waals surface area (Å²) in [5, 5.41) is 10.1. The number of aryl methyl sites for hydroxylation is 1. The average molecular weight is 294 g/mol. The maximum absolute atomic E-state index is 9.46. The Bertz CT molecular complexity index is 884. The maximum atomic E-state index is 9.46. The second kappa shape index (κ2) is 5.43. The van der Waals surface area contributed by atoms with Crippen LogP contribution in [0.3, 0.4) is 0 Å². The lowest BCUT2D eigenvalue weighted by Gasteiger charge is -2.01. The number of nitrogens with zero attached hydrogens (tertiary/aromatic N) is 3. The number of para-hydroxylation sites is 2. The second-order valence-corrected chi connectivity index (χ2v) is 5.14. The maximum Gasteiger partial charge on any atom is 0.151 e. The van der Waals surface area contributed by atoms with Gasteiger partial charge in [-0.3, -0.25) is 0 Å². The number of aromatic nitrogens is 2. The zero-order valence-corrected chi connectivity index (χ0v) is 12.2. The van der Waals surface area contributed by atoms with Crippen LogP contribution in [0.25, 0.3) is 22.7 Å². The molecule has 0 aliphatic carbocycles. The highest BCUT2D eigenvalue weighted by molar-refractivity contribution is 6.30. The highest BCUT2D eigenvalue weighted by Crippen LogP contribution is 2.22. The molecule has 0 unspecified atom stereocenters. The van der Waals surface area contributed by atoms with Crippen molar-refractivity contribution in [3.63, 3.8) is 0 Å². The van der Waals surface area contributed by atoms with Crippen LogP contribution in [0.1, 0.15) is 11.4 Å². The quantitative estimate of drug-likeness (QED) is 0.661. The van der Waals surface area contributed by atoms with Gasteiger partial charge in [0.15, 0.2) is 5.82 Å². The van der Waals surface area contributed by atoms with Crippen LogP contribution in [-0.4, -0.2) is 9.55 Å². The fourth-order valence-corrected chi connectivity index (χ4v) is 2.50. The van der Waals surface area contributed by atoms with Crippen LogP contribution in [0.4, 0.5) is 0 Å². The third kappa shape index (κ3) is 2.54. The molecule has 3 aromatic rings. The van der Waals surface area contributed by atoms with Crippen LogP contribution in [0.2, 0.25) is 5.02 Å². The first-order chi connectivity index (χ1) is 10.2. The van der Waals surface area contributed by atoms with Gasteiger partial charge >= 0.3 is 0 Å². The fourth-order valence-electron chi connectivity index (χ4n) is 2.30. The zero-order valence-electron chi connectivity index (χ0n) is 11.4. The van der Waals surface area contributed by atoms with E-state index >= 15 is 0 Å². The van der Waals surface area contributed by atoms with Gasteiger partial charge in [0.05, 0.1) is 16.6 Å². The first kappa shape index (κ1) is 13.4. The number of nitriles is 1. The molecule has 0 saturated heterocycles. The van der Waals surface area contributed by atoms with Crippen LogP contribution in [-0.2, 0) is 7.05 Å². The Morgan fingerprint density at radius 3 is 2.76 bits per heavy atom. The molecule has 21 heavy (non-hydrogen) atoms. The lowest BCUT2D eigenvalue weighted by molar-refractivity contribution is 0.925.